The Morgan fingerprint density at radius 3 is 2.72 bits per heavy atom. The molecular formula is C10H16N2O5S. The summed E-state index contributed by atoms with van der Waals surface area (Å²) in [6.07, 6.45) is 2.28. The molecule has 1 rings (SSSR count). The second-order valence-corrected chi connectivity index (χ2v) is 5.64. The first-order valence-electron chi connectivity index (χ1n) is 5.36. The molecule has 0 unspecified atom stereocenters. The van der Waals surface area contributed by atoms with Gasteiger partial charge in [0.25, 0.3) is 0 Å². The summed E-state index contributed by atoms with van der Waals surface area (Å²) in [6, 6.07) is 0. The largest absolute Gasteiger partial charge is 0.464 e. The molecule has 0 saturated carbocycles. The van der Waals surface area contributed by atoms with Gasteiger partial charge in [0, 0.05) is 13.7 Å². The average Bonchev–Trinajstić information content (AvgIpc) is 2.84. The number of sulfone groups is 1. The summed E-state index contributed by atoms with van der Waals surface area (Å²) in [5, 5.41) is -0.208. The zero-order valence-corrected chi connectivity index (χ0v) is 11.1. The van der Waals surface area contributed by atoms with Gasteiger partial charge >= 0.3 is 5.97 Å². The van der Waals surface area contributed by atoms with Gasteiger partial charge < -0.3 is 14.5 Å². The van der Waals surface area contributed by atoms with Crippen molar-refractivity contribution in [1.29, 1.82) is 0 Å². The smallest absolute Gasteiger partial charge is 0.356 e. The minimum atomic E-state index is -3.49. The molecule has 0 saturated heterocycles. The highest BCUT2D eigenvalue weighted by molar-refractivity contribution is 7.91. The molecule has 0 aromatic carbocycles. The van der Waals surface area contributed by atoms with Crippen LogP contribution in [-0.2, 0) is 19.3 Å². The standard InChI is InChI=1S/C10H16N2O5S/c1-16-5-3-4-6-18(14,15)10-11-7-8(12-10)9(13)17-2/h7H,3-6H2,1-2H3,(H,11,12). The van der Waals surface area contributed by atoms with Gasteiger partial charge in [-0.05, 0) is 12.8 Å². The van der Waals surface area contributed by atoms with E-state index in [9.17, 15) is 13.2 Å². The van der Waals surface area contributed by atoms with Gasteiger partial charge in [-0.2, -0.15) is 0 Å². The summed E-state index contributed by atoms with van der Waals surface area (Å²) in [5.74, 6) is -0.687. The third kappa shape index (κ3) is 3.81. The number of hydrogen-bond acceptors (Lipinski definition) is 6. The Morgan fingerprint density at radius 2 is 2.11 bits per heavy atom. The molecule has 0 radical (unpaired) electrons. The van der Waals surface area contributed by atoms with Crippen LogP contribution in [0.1, 0.15) is 23.3 Å². The van der Waals surface area contributed by atoms with Crippen molar-refractivity contribution in [3.63, 3.8) is 0 Å². The van der Waals surface area contributed by atoms with Crippen LogP contribution in [0.4, 0.5) is 0 Å². The second kappa shape index (κ2) is 6.50. The highest BCUT2D eigenvalue weighted by Gasteiger charge is 2.20. The first-order valence-corrected chi connectivity index (χ1v) is 7.01. The lowest BCUT2D eigenvalue weighted by molar-refractivity contribution is 0.0594. The lowest BCUT2D eigenvalue weighted by Gasteiger charge is -2.01. The molecule has 0 fully saturated rings. The van der Waals surface area contributed by atoms with Gasteiger partial charge in [0.1, 0.15) is 5.69 Å². The number of H-pyrrole nitrogens is 1. The van der Waals surface area contributed by atoms with E-state index >= 15 is 0 Å². The van der Waals surface area contributed by atoms with Crippen LogP contribution in [0.5, 0.6) is 0 Å². The number of ether oxygens (including phenoxy) is 2. The lowest BCUT2D eigenvalue weighted by atomic mass is 10.4. The minimum Gasteiger partial charge on any atom is -0.464 e. The first kappa shape index (κ1) is 14.7. The molecule has 0 aliphatic rings. The number of imidazole rings is 1. The van der Waals surface area contributed by atoms with E-state index in [0.717, 1.165) is 6.20 Å². The minimum absolute atomic E-state index is 0.0213. The molecule has 0 spiro atoms. The summed E-state index contributed by atoms with van der Waals surface area (Å²) in [4.78, 5) is 17.3. The molecule has 8 heteroatoms. The Kier molecular flexibility index (Phi) is 5.29. The van der Waals surface area contributed by atoms with Gasteiger partial charge in [0.2, 0.25) is 15.0 Å². The number of aromatic nitrogens is 2. The molecule has 1 aromatic heterocycles. The number of hydrogen-bond donors (Lipinski definition) is 1. The lowest BCUT2D eigenvalue weighted by Crippen LogP contribution is -2.10. The third-order valence-corrected chi connectivity index (χ3v) is 3.89. The molecule has 0 amide bonds. The van der Waals surface area contributed by atoms with E-state index in [-0.39, 0.29) is 16.6 Å². The predicted molar refractivity (Wildman–Crippen MR) is 63.1 cm³/mol. The van der Waals surface area contributed by atoms with Crippen molar-refractivity contribution in [2.45, 2.75) is 18.0 Å². The molecule has 0 aliphatic heterocycles. The van der Waals surface area contributed by atoms with E-state index in [1.165, 1.54) is 7.11 Å². The normalized spacial score (nSPS) is 11.4. The van der Waals surface area contributed by atoms with Crippen molar-refractivity contribution < 1.29 is 22.7 Å². The zero-order valence-electron chi connectivity index (χ0n) is 10.3. The van der Waals surface area contributed by atoms with Crippen LogP contribution in [0, 0.1) is 0 Å². The van der Waals surface area contributed by atoms with Gasteiger partial charge in [-0.3, -0.25) is 0 Å². The first-order chi connectivity index (χ1) is 8.51. The number of carbonyl (C=O) groups is 1. The third-order valence-electron chi connectivity index (χ3n) is 2.26. The van der Waals surface area contributed by atoms with E-state index in [2.05, 4.69) is 14.7 Å². The number of carbonyl (C=O) groups excluding carboxylic acids is 1. The van der Waals surface area contributed by atoms with Crippen LogP contribution in [0.2, 0.25) is 0 Å². The molecule has 0 aliphatic carbocycles. The summed E-state index contributed by atoms with van der Waals surface area (Å²) in [6.45, 7) is 0.515. The fourth-order valence-corrected chi connectivity index (χ4v) is 2.57. The van der Waals surface area contributed by atoms with Gasteiger partial charge in [-0.25, -0.2) is 18.2 Å². The quantitative estimate of drug-likeness (QED) is 0.571. The highest BCUT2D eigenvalue weighted by Crippen LogP contribution is 2.09. The van der Waals surface area contributed by atoms with E-state index in [1.807, 2.05) is 0 Å². The van der Waals surface area contributed by atoms with Gasteiger partial charge in [0.15, 0.2) is 0 Å². The molecule has 18 heavy (non-hydrogen) atoms. The van der Waals surface area contributed by atoms with Crippen LogP contribution in [-0.4, -0.2) is 50.9 Å². The Hall–Kier alpha value is -1.41. The van der Waals surface area contributed by atoms with Crippen molar-refractivity contribution in [2.75, 3.05) is 26.6 Å². The monoisotopic (exact) mass is 276 g/mol. The highest BCUT2D eigenvalue weighted by atomic mass is 32.2. The van der Waals surface area contributed by atoms with Crippen LogP contribution >= 0.6 is 0 Å². The molecule has 7 nitrogen and oxygen atoms in total. The molecule has 1 N–H and O–H groups in total. The number of esters is 1. The van der Waals surface area contributed by atoms with E-state index < -0.39 is 15.8 Å². The fraction of sp³-hybridized carbons (Fsp3) is 0.600. The maximum absolute atomic E-state index is 11.8. The average molecular weight is 276 g/mol. The number of unbranched alkanes of at least 4 members (excludes halogenated alkanes) is 1. The molecule has 102 valence electrons. The van der Waals surface area contributed by atoms with Crippen LogP contribution < -0.4 is 0 Å². The van der Waals surface area contributed by atoms with E-state index in [1.54, 1.807) is 7.11 Å². The zero-order chi connectivity index (χ0) is 13.6. The predicted octanol–water partition coefficient (Wildman–Crippen LogP) is 0.397. The van der Waals surface area contributed by atoms with Crippen molar-refractivity contribution in [1.82, 2.24) is 9.97 Å². The number of methoxy groups -OCH3 is 2. The number of nitrogens with zero attached hydrogens (tertiary/aromatic N) is 1. The van der Waals surface area contributed by atoms with Gasteiger partial charge in [0.05, 0.1) is 19.1 Å². The Balaban J connectivity index is 2.67. The molecule has 0 bridgehead atoms. The summed E-state index contributed by atoms with van der Waals surface area (Å²) < 4.78 is 33.0. The number of aromatic amines is 1. The Bertz CT molecular complexity index is 494. The summed E-state index contributed by atoms with van der Waals surface area (Å²) in [7, 11) is -0.722. The van der Waals surface area contributed by atoms with Gasteiger partial charge in [-0.15, -0.1) is 0 Å². The van der Waals surface area contributed by atoms with Crippen LogP contribution in [0.25, 0.3) is 0 Å². The van der Waals surface area contributed by atoms with Crippen molar-refractivity contribution in [3.8, 4) is 0 Å². The molecule has 1 aromatic rings. The van der Waals surface area contributed by atoms with Crippen LogP contribution in [0.15, 0.2) is 11.4 Å². The second-order valence-electron chi connectivity index (χ2n) is 3.61. The Morgan fingerprint density at radius 1 is 1.39 bits per heavy atom. The SMILES string of the molecule is COCCCCS(=O)(=O)c1ncc(C(=O)OC)[nH]1. The number of nitrogens with one attached hydrogen (secondary N) is 1. The topological polar surface area (TPSA) is 98.4 Å². The molecule has 0 atom stereocenters. The Labute approximate surface area is 105 Å². The molecule has 1 heterocycles. The number of rotatable bonds is 7. The summed E-state index contributed by atoms with van der Waals surface area (Å²) >= 11 is 0. The fourth-order valence-electron chi connectivity index (χ4n) is 1.31. The van der Waals surface area contributed by atoms with Crippen molar-refractivity contribution >= 4 is 15.8 Å². The van der Waals surface area contributed by atoms with E-state index in [0.29, 0.717) is 19.4 Å². The van der Waals surface area contributed by atoms with Crippen molar-refractivity contribution in [2.24, 2.45) is 0 Å². The summed E-state index contributed by atoms with van der Waals surface area (Å²) in [5.41, 5.74) is 0.0213. The maximum atomic E-state index is 11.8. The maximum Gasteiger partial charge on any atom is 0.356 e. The van der Waals surface area contributed by atoms with E-state index in [4.69, 9.17) is 4.74 Å². The molecular weight excluding hydrogens is 260 g/mol. The van der Waals surface area contributed by atoms with Gasteiger partial charge in [-0.1, -0.05) is 0 Å². The van der Waals surface area contributed by atoms with Crippen LogP contribution in [0.3, 0.4) is 0 Å². The van der Waals surface area contributed by atoms with Crippen molar-refractivity contribution in [3.05, 3.63) is 11.9 Å².